The Labute approximate surface area is 87.1 Å². The summed E-state index contributed by atoms with van der Waals surface area (Å²) < 4.78 is 12.0. The lowest BCUT2D eigenvalue weighted by Crippen LogP contribution is -2.09. The van der Waals surface area contributed by atoms with E-state index in [-0.39, 0.29) is 4.58 Å². The van der Waals surface area contributed by atoms with Crippen molar-refractivity contribution >= 4 is 22.6 Å². The maximum absolute atomic E-state index is 11.8. The molecule has 2 atom stereocenters. The molecule has 0 bridgehead atoms. The summed E-state index contributed by atoms with van der Waals surface area (Å²) in [5.41, 5.74) is 1.39. The molecule has 74 valence electrons. The van der Waals surface area contributed by atoms with Crippen LogP contribution in [0.25, 0.3) is 0 Å². The second kappa shape index (κ2) is 5.01. The Hall–Kier alpha value is -0.0200. The Morgan fingerprint density at radius 3 is 2.62 bits per heavy atom. The van der Waals surface area contributed by atoms with Crippen LogP contribution in [0.15, 0.2) is 22.6 Å². The lowest BCUT2D eigenvalue weighted by molar-refractivity contribution is 0.684. The topological polar surface area (TPSA) is 17.1 Å². The molecule has 0 aliphatic heterocycles. The Kier molecular flexibility index (Phi) is 4.26. The number of thioether (sulfide) groups is 1. The zero-order valence-electron chi connectivity index (χ0n) is 8.37. The van der Waals surface area contributed by atoms with Gasteiger partial charge in [0.1, 0.15) is 0 Å². The van der Waals surface area contributed by atoms with E-state index in [1.54, 1.807) is 11.8 Å². The van der Waals surface area contributed by atoms with Crippen LogP contribution >= 0.6 is 11.8 Å². The summed E-state index contributed by atoms with van der Waals surface area (Å²) in [5.74, 6) is 0. The summed E-state index contributed by atoms with van der Waals surface area (Å²) in [7, 11) is -0.787. The van der Waals surface area contributed by atoms with Gasteiger partial charge in [-0.2, -0.15) is 0 Å². The van der Waals surface area contributed by atoms with Crippen molar-refractivity contribution in [3.05, 3.63) is 22.6 Å². The van der Waals surface area contributed by atoms with Gasteiger partial charge in [0.25, 0.3) is 0 Å². The van der Waals surface area contributed by atoms with E-state index in [1.165, 1.54) is 5.57 Å². The predicted molar refractivity (Wildman–Crippen MR) is 62.2 cm³/mol. The first-order valence-corrected chi connectivity index (χ1v) is 6.95. The van der Waals surface area contributed by atoms with Crippen LogP contribution < -0.4 is 0 Å². The van der Waals surface area contributed by atoms with Gasteiger partial charge in [0.2, 0.25) is 0 Å². The summed E-state index contributed by atoms with van der Waals surface area (Å²) in [6.45, 7) is 4.14. The second-order valence-corrected chi connectivity index (χ2v) is 6.55. The second-order valence-electron chi connectivity index (χ2n) is 3.25. The minimum atomic E-state index is -0.787. The van der Waals surface area contributed by atoms with Gasteiger partial charge in [0, 0.05) is 4.91 Å². The Morgan fingerprint density at radius 2 is 2.15 bits per heavy atom. The first-order valence-electron chi connectivity index (χ1n) is 4.45. The van der Waals surface area contributed by atoms with Gasteiger partial charge in [-0.15, -0.1) is 11.8 Å². The minimum Gasteiger partial charge on any atom is -0.254 e. The lowest BCUT2D eigenvalue weighted by atomic mass is 10.1. The third-order valence-corrected chi connectivity index (χ3v) is 5.44. The molecule has 0 radical (unpaired) electrons. The Balaban J connectivity index is 2.68. The fourth-order valence-electron chi connectivity index (χ4n) is 1.19. The fraction of sp³-hybridized carbons (Fsp3) is 0.600. The molecule has 1 aliphatic rings. The van der Waals surface area contributed by atoms with Crippen LogP contribution in [0.3, 0.4) is 0 Å². The van der Waals surface area contributed by atoms with Gasteiger partial charge in [0.15, 0.2) is 0 Å². The third-order valence-electron chi connectivity index (χ3n) is 2.21. The molecular formula is C10H16OS2. The number of hydrogen-bond donors (Lipinski definition) is 0. The summed E-state index contributed by atoms with van der Waals surface area (Å²) in [6.07, 6.45) is 8.16. The zero-order chi connectivity index (χ0) is 9.84. The highest BCUT2D eigenvalue weighted by atomic mass is 32.2. The van der Waals surface area contributed by atoms with E-state index in [2.05, 4.69) is 13.0 Å². The van der Waals surface area contributed by atoms with E-state index in [0.29, 0.717) is 0 Å². The van der Waals surface area contributed by atoms with Crippen LogP contribution in [0.2, 0.25) is 0 Å². The first-order chi connectivity index (χ1) is 6.15. The van der Waals surface area contributed by atoms with Crippen LogP contribution in [-0.2, 0) is 10.8 Å². The standard InChI is InChI=1S/C10H16OS2/c1-8-4-6-10(7-5-8)13(11)9(2)12-3/h4,6,9H,5,7H2,1-3H3. The van der Waals surface area contributed by atoms with Crippen molar-refractivity contribution in [3.8, 4) is 0 Å². The van der Waals surface area contributed by atoms with Gasteiger partial charge in [-0.25, -0.2) is 0 Å². The molecule has 0 amide bonds. The average molecular weight is 216 g/mol. The van der Waals surface area contributed by atoms with Gasteiger partial charge in [-0.3, -0.25) is 4.21 Å². The van der Waals surface area contributed by atoms with Crippen LogP contribution in [0.4, 0.5) is 0 Å². The molecule has 0 spiro atoms. The van der Waals surface area contributed by atoms with Crippen LogP contribution in [0, 0.1) is 0 Å². The molecule has 0 fully saturated rings. The molecule has 0 aromatic carbocycles. The molecule has 0 aromatic rings. The molecule has 13 heavy (non-hydrogen) atoms. The number of hydrogen-bond acceptors (Lipinski definition) is 2. The van der Waals surface area contributed by atoms with Crippen molar-refractivity contribution in [2.24, 2.45) is 0 Å². The molecule has 1 rings (SSSR count). The molecule has 1 nitrogen and oxygen atoms in total. The fourth-order valence-corrected chi connectivity index (χ4v) is 3.19. The van der Waals surface area contributed by atoms with Crippen molar-refractivity contribution in [3.63, 3.8) is 0 Å². The molecule has 2 unspecified atom stereocenters. The molecular weight excluding hydrogens is 200 g/mol. The van der Waals surface area contributed by atoms with E-state index >= 15 is 0 Å². The van der Waals surface area contributed by atoms with Crippen LogP contribution in [0.1, 0.15) is 26.7 Å². The summed E-state index contributed by atoms with van der Waals surface area (Å²) in [6, 6.07) is 0. The largest absolute Gasteiger partial charge is 0.254 e. The number of rotatable bonds is 3. The Morgan fingerprint density at radius 1 is 1.46 bits per heavy atom. The zero-order valence-corrected chi connectivity index (χ0v) is 10.0. The van der Waals surface area contributed by atoms with Crippen LogP contribution in [0.5, 0.6) is 0 Å². The van der Waals surface area contributed by atoms with E-state index in [1.807, 2.05) is 19.3 Å². The van der Waals surface area contributed by atoms with Gasteiger partial charge < -0.3 is 0 Å². The predicted octanol–water partition coefficient (Wildman–Crippen LogP) is 3.07. The average Bonchev–Trinajstić information content (AvgIpc) is 2.17. The summed E-state index contributed by atoms with van der Waals surface area (Å²) in [4.78, 5) is 1.10. The molecule has 0 N–H and O–H groups in total. The van der Waals surface area contributed by atoms with Gasteiger partial charge >= 0.3 is 0 Å². The van der Waals surface area contributed by atoms with Crippen molar-refractivity contribution in [1.29, 1.82) is 0 Å². The summed E-state index contributed by atoms with van der Waals surface area (Å²) >= 11 is 1.67. The molecule has 0 saturated heterocycles. The smallest absolute Gasteiger partial charge is 0.0813 e. The van der Waals surface area contributed by atoms with Gasteiger partial charge in [-0.1, -0.05) is 17.7 Å². The highest BCUT2D eigenvalue weighted by Gasteiger charge is 2.15. The maximum Gasteiger partial charge on any atom is 0.0813 e. The van der Waals surface area contributed by atoms with Crippen molar-refractivity contribution in [2.45, 2.75) is 31.3 Å². The van der Waals surface area contributed by atoms with E-state index in [0.717, 1.165) is 17.7 Å². The van der Waals surface area contributed by atoms with Crippen molar-refractivity contribution in [2.75, 3.05) is 6.26 Å². The normalized spacial score (nSPS) is 21.8. The quantitative estimate of drug-likeness (QED) is 0.721. The molecule has 1 aliphatic carbocycles. The minimum absolute atomic E-state index is 0.220. The van der Waals surface area contributed by atoms with Crippen LogP contribution in [-0.4, -0.2) is 15.0 Å². The molecule has 3 heteroatoms. The van der Waals surface area contributed by atoms with E-state index in [9.17, 15) is 4.21 Å². The van der Waals surface area contributed by atoms with Gasteiger partial charge in [0.05, 0.1) is 15.4 Å². The van der Waals surface area contributed by atoms with E-state index < -0.39 is 10.8 Å². The first kappa shape index (κ1) is 11.1. The lowest BCUT2D eigenvalue weighted by Gasteiger charge is -2.14. The monoisotopic (exact) mass is 216 g/mol. The maximum atomic E-state index is 11.8. The summed E-state index contributed by atoms with van der Waals surface area (Å²) in [5, 5.41) is 0. The van der Waals surface area contributed by atoms with Crippen molar-refractivity contribution in [1.82, 2.24) is 0 Å². The highest BCUT2D eigenvalue weighted by molar-refractivity contribution is 8.12. The number of allylic oxidation sites excluding steroid dienone is 4. The Bertz CT molecular complexity index is 266. The SMILES string of the molecule is CSC(C)S(=O)C1=CC=C(C)CC1. The molecule has 0 saturated carbocycles. The third kappa shape index (κ3) is 2.99. The van der Waals surface area contributed by atoms with E-state index in [4.69, 9.17) is 0 Å². The molecule has 0 heterocycles. The highest BCUT2D eigenvalue weighted by Crippen LogP contribution is 2.25. The van der Waals surface area contributed by atoms with Crippen molar-refractivity contribution < 1.29 is 4.21 Å². The van der Waals surface area contributed by atoms with Gasteiger partial charge in [-0.05, 0) is 32.9 Å². The molecule has 0 aromatic heterocycles.